The SMILES string of the molecule is COc1ccc([N+](=O)[O-])c(C(OC)c2ccc(N(CC(=O)O)CC(=O)O)c(OCCOc3cc(C)ccc3N(CC(=O)O)CC(=O)O)c2)c1[N+](=O)[O-]. The Bertz CT molecular complexity index is 1820. The smallest absolute Gasteiger partial charge is 0.323 e. The van der Waals surface area contributed by atoms with E-state index in [9.17, 15) is 59.8 Å². The minimum Gasteiger partial charge on any atom is -0.490 e. The maximum Gasteiger partial charge on any atom is 0.323 e. The zero-order chi connectivity index (χ0) is 38.7. The number of nitro groups is 2. The highest BCUT2D eigenvalue weighted by Crippen LogP contribution is 2.45. The number of methoxy groups -OCH3 is 2. The summed E-state index contributed by atoms with van der Waals surface area (Å²) in [6.45, 7) is -1.80. The van der Waals surface area contributed by atoms with Crippen LogP contribution in [0.3, 0.4) is 0 Å². The van der Waals surface area contributed by atoms with Crippen LogP contribution in [0.25, 0.3) is 0 Å². The number of carbonyl (C=O) groups is 4. The highest BCUT2D eigenvalue weighted by molar-refractivity contribution is 5.82. The summed E-state index contributed by atoms with van der Waals surface area (Å²) in [5, 5.41) is 61.8. The maximum atomic E-state index is 12.2. The molecule has 0 heterocycles. The van der Waals surface area contributed by atoms with Gasteiger partial charge in [-0.3, -0.25) is 39.4 Å². The Labute approximate surface area is 294 Å². The van der Waals surface area contributed by atoms with Gasteiger partial charge in [-0.05, 0) is 48.4 Å². The molecule has 20 nitrogen and oxygen atoms in total. The summed E-state index contributed by atoms with van der Waals surface area (Å²) in [5.41, 5.74) is -1.08. The predicted molar refractivity (Wildman–Crippen MR) is 179 cm³/mol. The third-order valence-corrected chi connectivity index (χ3v) is 7.24. The average molecular weight is 731 g/mol. The Morgan fingerprint density at radius 3 is 1.60 bits per heavy atom. The number of anilines is 2. The molecule has 0 radical (unpaired) electrons. The van der Waals surface area contributed by atoms with Gasteiger partial charge in [0.05, 0.1) is 28.3 Å². The largest absolute Gasteiger partial charge is 0.490 e. The van der Waals surface area contributed by atoms with E-state index in [0.29, 0.717) is 5.56 Å². The predicted octanol–water partition coefficient (Wildman–Crippen LogP) is 2.96. The molecule has 0 aromatic heterocycles. The van der Waals surface area contributed by atoms with Crippen LogP contribution in [0.15, 0.2) is 48.5 Å². The molecule has 3 aromatic rings. The van der Waals surface area contributed by atoms with Gasteiger partial charge >= 0.3 is 29.6 Å². The van der Waals surface area contributed by atoms with E-state index in [1.807, 2.05) is 0 Å². The van der Waals surface area contributed by atoms with Crippen molar-refractivity contribution in [3.8, 4) is 17.2 Å². The standard InChI is InChI=1S/C32H34N4O16/c1-18-4-6-20(33(14-26(37)38)15-27(39)40)24(12-18)51-10-11-52-25-13-19(5-7-21(25)34(16-28(41)42)17-29(43)44)32(50-3)30-22(35(45)46)8-9-23(49-2)31(30)36(47)48/h4-9,12-13,32H,10-11,14-17H2,1-3H3,(H,37,38)(H,39,40)(H,41,42)(H,43,44). The third kappa shape index (κ3) is 10.2. The number of carboxylic acid groups (broad SMARTS) is 4. The van der Waals surface area contributed by atoms with Crippen LogP contribution in [-0.4, -0.2) is 108 Å². The van der Waals surface area contributed by atoms with Crippen LogP contribution in [-0.2, 0) is 23.9 Å². The molecule has 0 bridgehead atoms. The van der Waals surface area contributed by atoms with E-state index in [1.165, 1.54) is 30.3 Å². The summed E-state index contributed by atoms with van der Waals surface area (Å²) < 4.78 is 22.4. The normalized spacial score (nSPS) is 11.2. The number of rotatable bonds is 21. The van der Waals surface area contributed by atoms with Crippen molar-refractivity contribution in [2.45, 2.75) is 13.0 Å². The number of hydrogen-bond donors (Lipinski definition) is 4. The van der Waals surface area contributed by atoms with Gasteiger partial charge in [0, 0.05) is 13.2 Å². The van der Waals surface area contributed by atoms with Gasteiger partial charge in [-0.1, -0.05) is 12.1 Å². The summed E-state index contributed by atoms with van der Waals surface area (Å²) in [6.07, 6.45) is -1.50. The monoisotopic (exact) mass is 730 g/mol. The first kappa shape index (κ1) is 39.7. The zero-order valence-electron chi connectivity index (χ0n) is 27.9. The first-order valence-corrected chi connectivity index (χ1v) is 15.0. The molecule has 0 aliphatic heterocycles. The molecule has 4 N–H and O–H groups in total. The lowest BCUT2D eigenvalue weighted by molar-refractivity contribution is -0.397. The number of carboxylic acids is 4. The van der Waals surface area contributed by atoms with Gasteiger partial charge < -0.3 is 49.2 Å². The van der Waals surface area contributed by atoms with Crippen LogP contribution < -0.4 is 24.0 Å². The number of hydrogen-bond acceptors (Lipinski definition) is 14. The van der Waals surface area contributed by atoms with Crippen molar-refractivity contribution in [2.24, 2.45) is 0 Å². The van der Waals surface area contributed by atoms with Crippen LogP contribution in [0, 0.1) is 27.2 Å². The average Bonchev–Trinajstić information content (AvgIpc) is 3.05. The molecule has 278 valence electrons. The highest BCUT2D eigenvalue weighted by atomic mass is 16.6. The van der Waals surface area contributed by atoms with E-state index >= 15 is 0 Å². The van der Waals surface area contributed by atoms with Crippen molar-refractivity contribution in [1.29, 1.82) is 0 Å². The van der Waals surface area contributed by atoms with Crippen LogP contribution in [0.2, 0.25) is 0 Å². The molecule has 3 aromatic carbocycles. The lowest BCUT2D eigenvalue weighted by atomic mass is 9.96. The van der Waals surface area contributed by atoms with Gasteiger partial charge in [0.25, 0.3) is 5.69 Å². The van der Waals surface area contributed by atoms with E-state index in [2.05, 4.69) is 0 Å². The Morgan fingerprint density at radius 1 is 0.692 bits per heavy atom. The Kier molecular flexibility index (Phi) is 13.6. The second kappa shape index (κ2) is 17.8. The number of aliphatic carboxylic acids is 4. The number of nitro benzene ring substituents is 2. The Morgan fingerprint density at radius 2 is 1.17 bits per heavy atom. The third-order valence-electron chi connectivity index (χ3n) is 7.24. The summed E-state index contributed by atoms with van der Waals surface area (Å²) in [6, 6.07) is 10.5. The minimum atomic E-state index is -1.50. The molecule has 0 saturated carbocycles. The summed E-state index contributed by atoms with van der Waals surface area (Å²) in [5.74, 6) is -5.73. The fourth-order valence-electron chi connectivity index (χ4n) is 5.25. The molecular formula is C32H34N4O16. The molecule has 0 spiro atoms. The van der Waals surface area contributed by atoms with Crippen molar-refractivity contribution in [1.82, 2.24) is 0 Å². The maximum absolute atomic E-state index is 12.2. The molecule has 3 rings (SSSR count). The second-order valence-corrected chi connectivity index (χ2v) is 10.9. The molecule has 0 fully saturated rings. The Balaban J connectivity index is 2.09. The molecular weight excluding hydrogens is 696 g/mol. The first-order chi connectivity index (χ1) is 24.6. The fraction of sp³-hybridized carbons (Fsp3) is 0.312. The van der Waals surface area contributed by atoms with Gasteiger partial charge in [-0.2, -0.15) is 0 Å². The molecule has 0 saturated heterocycles. The minimum absolute atomic E-state index is 0.0474. The van der Waals surface area contributed by atoms with E-state index in [0.717, 1.165) is 36.2 Å². The summed E-state index contributed by atoms with van der Waals surface area (Å²) in [4.78, 5) is 70.7. The van der Waals surface area contributed by atoms with E-state index in [-0.39, 0.29) is 47.4 Å². The van der Waals surface area contributed by atoms with E-state index in [1.54, 1.807) is 13.0 Å². The highest BCUT2D eigenvalue weighted by Gasteiger charge is 2.37. The van der Waals surface area contributed by atoms with Crippen molar-refractivity contribution < 1.29 is 68.4 Å². The molecule has 52 heavy (non-hydrogen) atoms. The number of aryl methyl sites for hydroxylation is 1. The molecule has 1 atom stereocenters. The summed E-state index contributed by atoms with van der Waals surface area (Å²) in [7, 11) is 2.27. The van der Waals surface area contributed by atoms with Crippen molar-refractivity contribution in [3.63, 3.8) is 0 Å². The van der Waals surface area contributed by atoms with Gasteiger partial charge in [0.2, 0.25) is 0 Å². The molecule has 0 aliphatic carbocycles. The van der Waals surface area contributed by atoms with Crippen molar-refractivity contribution >= 4 is 46.6 Å². The molecule has 20 heteroatoms. The van der Waals surface area contributed by atoms with E-state index < -0.39 is 82.9 Å². The zero-order valence-corrected chi connectivity index (χ0v) is 27.9. The first-order valence-electron chi connectivity index (χ1n) is 15.0. The van der Waals surface area contributed by atoms with Crippen LogP contribution in [0.5, 0.6) is 17.2 Å². The van der Waals surface area contributed by atoms with Crippen LogP contribution >= 0.6 is 0 Å². The topological polar surface area (TPSA) is 279 Å². The van der Waals surface area contributed by atoms with Crippen LogP contribution in [0.1, 0.15) is 22.8 Å². The number of nitrogens with zero attached hydrogens (tertiary/aromatic N) is 4. The lowest BCUT2D eigenvalue weighted by Gasteiger charge is -2.26. The second-order valence-electron chi connectivity index (χ2n) is 10.9. The van der Waals surface area contributed by atoms with Crippen molar-refractivity contribution in [3.05, 3.63) is 85.4 Å². The van der Waals surface area contributed by atoms with Gasteiger partial charge in [-0.15, -0.1) is 0 Å². The molecule has 0 amide bonds. The lowest BCUT2D eigenvalue weighted by Crippen LogP contribution is -2.35. The molecule has 1 unspecified atom stereocenters. The van der Waals surface area contributed by atoms with Gasteiger partial charge in [0.15, 0.2) is 5.75 Å². The van der Waals surface area contributed by atoms with Crippen LogP contribution in [0.4, 0.5) is 22.7 Å². The number of ether oxygens (including phenoxy) is 4. The quantitative estimate of drug-likeness (QED) is 0.0696. The van der Waals surface area contributed by atoms with E-state index in [4.69, 9.17) is 18.9 Å². The summed E-state index contributed by atoms with van der Waals surface area (Å²) >= 11 is 0. The van der Waals surface area contributed by atoms with Gasteiger partial charge in [0.1, 0.15) is 62.6 Å². The van der Waals surface area contributed by atoms with Crippen molar-refractivity contribution in [2.75, 3.05) is 63.4 Å². The Hall–Kier alpha value is -6.70. The molecule has 0 aliphatic rings. The number of benzene rings is 3. The fourth-order valence-corrected chi connectivity index (χ4v) is 5.25. The van der Waals surface area contributed by atoms with Gasteiger partial charge in [-0.25, -0.2) is 0 Å².